The van der Waals surface area contributed by atoms with Crippen LogP contribution in [0.3, 0.4) is 0 Å². The maximum atomic E-state index is 11.6. The molecule has 0 aliphatic heterocycles. The minimum absolute atomic E-state index is 0.0137. The minimum atomic E-state index is 0.0137. The quantitative estimate of drug-likeness (QED) is 0.805. The predicted molar refractivity (Wildman–Crippen MR) is 71.4 cm³/mol. The molecule has 2 N–H and O–H groups in total. The van der Waals surface area contributed by atoms with Crippen LogP contribution >= 0.6 is 11.3 Å². The van der Waals surface area contributed by atoms with Gasteiger partial charge in [0.25, 0.3) is 0 Å². The average molecular weight is 255 g/mol. The van der Waals surface area contributed by atoms with Crippen molar-refractivity contribution < 1.29 is 4.79 Å². The molecule has 96 valence electrons. The molecule has 1 unspecified atom stereocenters. The van der Waals surface area contributed by atoms with E-state index in [2.05, 4.69) is 22.5 Å². The molecule has 17 heavy (non-hydrogen) atoms. The Bertz CT molecular complexity index is 356. The molecular weight excluding hydrogens is 234 g/mol. The van der Waals surface area contributed by atoms with Crippen LogP contribution in [0, 0.1) is 19.8 Å². The van der Waals surface area contributed by atoms with Gasteiger partial charge in [-0.15, -0.1) is 11.3 Å². The highest BCUT2D eigenvalue weighted by atomic mass is 32.1. The molecule has 1 atom stereocenters. The third-order valence-corrected chi connectivity index (χ3v) is 3.80. The van der Waals surface area contributed by atoms with E-state index in [0.29, 0.717) is 13.1 Å². The van der Waals surface area contributed by atoms with E-state index in [4.69, 9.17) is 0 Å². The smallest absolute Gasteiger partial charge is 0.224 e. The molecule has 1 aromatic heterocycles. The van der Waals surface area contributed by atoms with Crippen LogP contribution in [0.5, 0.6) is 0 Å². The normalized spacial score (nSPS) is 12.5. The number of carbonyl (C=O) groups excluding carboxylic acids is 1. The molecule has 0 aromatic carbocycles. The van der Waals surface area contributed by atoms with Crippen LogP contribution < -0.4 is 10.6 Å². The second kappa shape index (κ2) is 6.71. The summed E-state index contributed by atoms with van der Waals surface area (Å²) in [5.74, 6) is 0.115. The van der Waals surface area contributed by atoms with Crippen LogP contribution in [0.25, 0.3) is 0 Å². The second-order valence-electron chi connectivity index (χ2n) is 4.25. The summed E-state index contributed by atoms with van der Waals surface area (Å²) in [5.41, 5.74) is 1.10. The van der Waals surface area contributed by atoms with Gasteiger partial charge >= 0.3 is 0 Å². The Balaban J connectivity index is 2.30. The van der Waals surface area contributed by atoms with Crippen LogP contribution in [0.2, 0.25) is 0 Å². The first-order chi connectivity index (χ1) is 8.04. The number of nitrogens with one attached hydrogen (secondary N) is 2. The van der Waals surface area contributed by atoms with Crippen molar-refractivity contribution in [1.82, 2.24) is 15.6 Å². The van der Waals surface area contributed by atoms with Crippen molar-refractivity contribution in [1.29, 1.82) is 0 Å². The molecule has 1 rings (SSSR count). The molecule has 0 spiro atoms. The van der Waals surface area contributed by atoms with Gasteiger partial charge < -0.3 is 10.6 Å². The largest absolute Gasteiger partial charge is 0.355 e. The lowest BCUT2D eigenvalue weighted by atomic mass is 10.1. The fourth-order valence-electron chi connectivity index (χ4n) is 1.51. The molecule has 0 saturated carbocycles. The second-order valence-corrected chi connectivity index (χ2v) is 5.54. The number of hydrogen-bond acceptors (Lipinski definition) is 4. The first kappa shape index (κ1) is 14.1. The molecule has 1 aromatic rings. The van der Waals surface area contributed by atoms with Crippen molar-refractivity contribution in [3.63, 3.8) is 0 Å². The molecule has 0 radical (unpaired) electrons. The maximum absolute atomic E-state index is 11.6. The summed E-state index contributed by atoms with van der Waals surface area (Å²) in [5, 5.41) is 7.03. The molecule has 1 heterocycles. The van der Waals surface area contributed by atoms with E-state index in [-0.39, 0.29) is 11.8 Å². The number of aromatic nitrogens is 1. The highest BCUT2D eigenvalue weighted by Gasteiger charge is 2.11. The van der Waals surface area contributed by atoms with Gasteiger partial charge in [-0.25, -0.2) is 4.98 Å². The minimum Gasteiger partial charge on any atom is -0.355 e. The van der Waals surface area contributed by atoms with Crippen molar-refractivity contribution in [2.24, 2.45) is 5.92 Å². The van der Waals surface area contributed by atoms with E-state index in [1.165, 1.54) is 4.88 Å². The lowest BCUT2D eigenvalue weighted by Gasteiger charge is -2.10. The molecule has 0 aliphatic rings. The number of nitrogens with zero attached hydrogens (tertiary/aromatic N) is 1. The van der Waals surface area contributed by atoms with Crippen LogP contribution in [-0.2, 0) is 11.2 Å². The highest BCUT2D eigenvalue weighted by molar-refractivity contribution is 7.11. The topological polar surface area (TPSA) is 54.0 Å². The summed E-state index contributed by atoms with van der Waals surface area (Å²) < 4.78 is 0. The van der Waals surface area contributed by atoms with Crippen molar-refractivity contribution in [2.75, 3.05) is 20.1 Å². The van der Waals surface area contributed by atoms with Crippen molar-refractivity contribution in [2.45, 2.75) is 27.2 Å². The third-order valence-electron chi connectivity index (χ3n) is 2.67. The van der Waals surface area contributed by atoms with Gasteiger partial charge in [0.1, 0.15) is 0 Å². The fraction of sp³-hybridized carbons (Fsp3) is 0.667. The molecule has 0 aliphatic carbocycles. The van der Waals surface area contributed by atoms with Crippen molar-refractivity contribution in [3.8, 4) is 0 Å². The molecule has 5 heteroatoms. The Hall–Kier alpha value is -0.940. The van der Waals surface area contributed by atoms with E-state index in [0.717, 1.165) is 17.1 Å². The van der Waals surface area contributed by atoms with E-state index in [1.807, 2.05) is 20.9 Å². The lowest BCUT2D eigenvalue weighted by molar-refractivity contribution is -0.124. The molecule has 4 nitrogen and oxygen atoms in total. The zero-order valence-electron chi connectivity index (χ0n) is 11.0. The standard InChI is InChI=1S/C12H21N3OS/c1-8(7-13-4)12(16)14-6-5-11-15-9(2)10(3)17-11/h8,13H,5-7H2,1-4H3,(H,14,16). The van der Waals surface area contributed by atoms with Gasteiger partial charge in [-0.1, -0.05) is 6.92 Å². The summed E-state index contributed by atoms with van der Waals surface area (Å²) in [4.78, 5) is 17.3. The van der Waals surface area contributed by atoms with Gasteiger partial charge in [0.15, 0.2) is 0 Å². The van der Waals surface area contributed by atoms with Crippen LogP contribution in [0.4, 0.5) is 0 Å². The van der Waals surface area contributed by atoms with Crippen molar-refractivity contribution >= 4 is 17.2 Å². The van der Waals surface area contributed by atoms with E-state index < -0.39 is 0 Å². The molecular formula is C12H21N3OS. The van der Waals surface area contributed by atoms with Gasteiger partial charge in [-0.05, 0) is 20.9 Å². The maximum Gasteiger partial charge on any atom is 0.224 e. The molecule has 0 bridgehead atoms. The Morgan fingerprint density at radius 2 is 2.18 bits per heavy atom. The number of amides is 1. The number of carbonyl (C=O) groups is 1. The zero-order valence-corrected chi connectivity index (χ0v) is 11.8. The van der Waals surface area contributed by atoms with Gasteiger partial charge in [0, 0.05) is 30.3 Å². The van der Waals surface area contributed by atoms with Crippen molar-refractivity contribution in [3.05, 3.63) is 15.6 Å². The number of thiazole rings is 1. The first-order valence-corrected chi connectivity index (χ1v) is 6.71. The summed E-state index contributed by atoms with van der Waals surface area (Å²) in [6.07, 6.45) is 0.817. The summed E-state index contributed by atoms with van der Waals surface area (Å²) in [6, 6.07) is 0. The summed E-state index contributed by atoms with van der Waals surface area (Å²) >= 11 is 1.71. The number of rotatable bonds is 6. The molecule has 1 amide bonds. The van der Waals surface area contributed by atoms with Gasteiger partial charge in [0.2, 0.25) is 5.91 Å². The first-order valence-electron chi connectivity index (χ1n) is 5.89. The molecule has 0 saturated heterocycles. The van der Waals surface area contributed by atoms with Gasteiger partial charge in [-0.3, -0.25) is 4.79 Å². The third kappa shape index (κ3) is 4.44. The number of hydrogen-bond donors (Lipinski definition) is 2. The Morgan fingerprint density at radius 1 is 1.47 bits per heavy atom. The number of aryl methyl sites for hydroxylation is 2. The Morgan fingerprint density at radius 3 is 2.71 bits per heavy atom. The SMILES string of the molecule is CNCC(C)C(=O)NCCc1nc(C)c(C)s1. The monoisotopic (exact) mass is 255 g/mol. The summed E-state index contributed by atoms with van der Waals surface area (Å²) in [7, 11) is 1.85. The van der Waals surface area contributed by atoms with Crippen LogP contribution in [0.15, 0.2) is 0 Å². The Kier molecular flexibility index (Phi) is 5.58. The van der Waals surface area contributed by atoms with E-state index in [9.17, 15) is 4.79 Å². The fourth-order valence-corrected chi connectivity index (χ4v) is 2.45. The van der Waals surface area contributed by atoms with E-state index >= 15 is 0 Å². The van der Waals surface area contributed by atoms with Gasteiger partial charge in [0.05, 0.1) is 10.7 Å². The van der Waals surface area contributed by atoms with Crippen LogP contribution in [-0.4, -0.2) is 31.0 Å². The zero-order chi connectivity index (χ0) is 12.8. The predicted octanol–water partition coefficient (Wildman–Crippen LogP) is 1.27. The summed E-state index contributed by atoms with van der Waals surface area (Å²) in [6.45, 7) is 7.39. The van der Waals surface area contributed by atoms with Gasteiger partial charge in [-0.2, -0.15) is 0 Å². The van der Waals surface area contributed by atoms with E-state index in [1.54, 1.807) is 11.3 Å². The Labute approximate surface area is 107 Å². The lowest BCUT2D eigenvalue weighted by Crippen LogP contribution is -2.35. The van der Waals surface area contributed by atoms with Crippen LogP contribution in [0.1, 0.15) is 22.5 Å². The molecule has 0 fully saturated rings. The average Bonchev–Trinajstić information content (AvgIpc) is 2.58. The highest BCUT2D eigenvalue weighted by Crippen LogP contribution is 2.16.